The molecule has 0 aliphatic carbocycles. The van der Waals surface area contributed by atoms with E-state index in [1.807, 2.05) is 44.2 Å². The van der Waals surface area contributed by atoms with E-state index < -0.39 is 11.8 Å². The molecule has 0 saturated carbocycles. The highest BCUT2D eigenvalue weighted by Gasteiger charge is 2.29. The van der Waals surface area contributed by atoms with Gasteiger partial charge in [-0.25, -0.2) is 9.78 Å². The second-order valence-corrected chi connectivity index (χ2v) is 6.18. The van der Waals surface area contributed by atoms with Crippen LogP contribution in [-0.2, 0) is 34.0 Å². The molecule has 0 radical (unpaired) electrons. The number of pyridine rings is 1. The first-order valence-corrected chi connectivity index (χ1v) is 8.04. The van der Waals surface area contributed by atoms with Gasteiger partial charge in [-0.1, -0.05) is 30.3 Å². The highest BCUT2D eigenvalue weighted by Crippen LogP contribution is 2.33. The Hall–Kier alpha value is -2.44. The van der Waals surface area contributed by atoms with Crippen molar-refractivity contribution in [2.24, 2.45) is 0 Å². The molecule has 1 aliphatic heterocycles. The molecule has 3 rings (SSSR count). The Morgan fingerprint density at radius 3 is 2.64 bits per heavy atom. The number of carbonyl (C=O) groups is 1. The van der Waals surface area contributed by atoms with Gasteiger partial charge in [-0.2, -0.15) is 0 Å². The lowest BCUT2D eigenvalue weighted by molar-refractivity contribution is -0.219. The molecule has 0 N–H and O–H groups in total. The highest BCUT2D eigenvalue weighted by atomic mass is 16.7. The van der Waals surface area contributed by atoms with Crippen LogP contribution in [0.3, 0.4) is 0 Å². The second-order valence-electron chi connectivity index (χ2n) is 6.18. The van der Waals surface area contributed by atoms with Gasteiger partial charge in [0.25, 0.3) is 0 Å². The number of methoxy groups -OCH3 is 1. The summed E-state index contributed by atoms with van der Waals surface area (Å²) < 4.78 is 22.3. The first-order valence-electron chi connectivity index (χ1n) is 8.04. The molecule has 6 nitrogen and oxygen atoms in total. The molecule has 6 heteroatoms. The number of rotatable bonds is 4. The van der Waals surface area contributed by atoms with Crippen molar-refractivity contribution in [3.05, 3.63) is 58.9 Å². The molecule has 25 heavy (non-hydrogen) atoms. The van der Waals surface area contributed by atoms with Gasteiger partial charge in [-0.15, -0.1) is 0 Å². The average molecular weight is 343 g/mol. The number of esters is 1. The molecule has 1 aliphatic rings. The van der Waals surface area contributed by atoms with Gasteiger partial charge in [-0.3, -0.25) is 0 Å². The number of hydrogen-bond acceptors (Lipinski definition) is 6. The molecular weight excluding hydrogens is 322 g/mol. The molecule has 2 aromatic rings. The standard InChI is InChI=1S/C19H21NO5/c1-19(2)24-11-14-9-20-16(18(21)22-3)17(15(14)12-25-19)23-10-13-7-5-4-6-8-13/h4-9H,10-12H2,1-3H3. The van der Waals surface area contributed by atoms with Crippen LogP contribution < -0.4 is 4.74 Å². The fourth-order valence-corrected chi connectivity index (χ4v) is 2.52. The second kappa shape index (κ2) is 7.21. The van der Waals surface area contributed by atoms with Crippen LogP contribution in [0.5, 0.6) is 5.75 Å². The molecule has 0 saturated heterocycles. The predicted molar refractivity (Wildman–Crippen MR) is 90.0 cm³/mol. The van der Waals surface area contributed by atoms with Crippen LogP contribution >= 0.6 is 0 Å². The molecule has 0 bridgehead atoms. The largest absolute Gasteiger partial charge is 0.486 e. The van der Waals surface area contributed by atoms with Gasteiger partial charge in [-0.05, 0) is 19.4 Å². The Labute approximate surface area is 146 Å². The number of aromatic nitrogens is 1. The number of nitrogens with zero attached hydrogens (tertiary/aromatic N) is 1. The Morgan fingerprint density at radius 1 is 1.20 bits per heavy atom. The first kappa shape index (κ1) is 17.4. The number of ether oxygens (including phenoxy) is 4. The Morgan fingerprint density at radius 2 is 1.92 bits per heavy atom. The molecule has 1 aromatic heterocycles. The predicted octanol–water partition coefficient (Wildman–Crippen LogP) is 3.23. The van der Waals surface area contributed by atoms with Crippen molar-refractivity contribution in [3.63, 3.8) is 0 Å². The van der Waals surface area contributed by atoms with E-state index >= 15 is 0 Å². The van der Waals surface area contributed by atoms with Gasteiger partial charge in [0, 0.05) is 17.3 Å². The minimum atomic E-state index is -0.721. The summed E-state index contributed by atoms with van der Waals surface area (Å²) in [5.41, 5.74) is 2.72. The van der Waals surface area contributed by atoms with E-state index in [-0.39, 0.29) is 12.3 Å². The van der Waals surface area contributed by atoms with E-state index in [4.69, 9.17) is 18.9 Å². The third kappa shape index (κ3) is 3.97. The van der Waals surface area contributed by atoms with Crippen LogP contribution in [0, 0.1) is 0 Å². The third-order valence-corrected chi connectivity index (χ3v) is 3.97. The molecule has 132 valence electrons. The zero-order valence-electron chi connectivity index (χ0n) is 14.6. The smallest absolute Gasteiger partial charge is 0.360 e. The van der Waals surface area contributed by atoms with Crippen molar-refractivity contribution in [2.45, 2.75) is 39.5 Å². The van der Waals surface area contributed by atoms with Crippen LogP contribution in [0.2, 0.25) is 0 Å². The minimum absolute atomic E-state index is 0.139. The Bertz CT molecular complexity index is 758. The highest BCUT2D eigenvalue weighted by molar-refractivity contribution is 5.90. The molecule has 0 atom stereocenters. The number of fused-ring (bicyclic) bond motifs is 1. The topological polar surface area (TPSA) is 66.9 Å². The lowest BCUT2D eigenvalue weighted by Crippen LogP contribution is -2.25. The molecule has 1 aromatic carbocycles. The molecule has 0 unspecified atom stereocenters. The van der Waals surface area contributed by atoms with Crippen LogP contribution in [0.1, 0.15) is 41.0 Å². The first-order chi connectivity index (χ1) is 12.0. The van der Waals surface area contributed by atoms with Crippen molar-refractivity contribution in [2.75, 3.05) is 7.11 Å². The van der Waals surface area contributed by atoms with E-state index in [1.165, 1.54) is 7.11 Å². The lowest BCUT2D eigenvalue weighted by atomic mass is 10.1. The van der Waals surface area contributed by atoms with E-state index in [9.17, 15) is 4.79 Å². The summed E-state index contributed by atoms with van der Waals surface area (Å²) in [5.74, 6) is -0.883. The average Bonchev–Trinajstić information content (AvgIpc) is 2.78. The van der Waals surface area contributed by atoms with Crippen LogP contribution in [0.25, 0.3) is 0 Å². The number of carbonyl (C=O) groups excluding carboxylic acids is 1. The van der Waals surface area contributed by atoms with Crippen molar-refractivity contribution < 1.29 is 23.7 Å². The van der Waals surface area contributed by atoms with Gasteiger partial charge in [0.05, 0.1) is 20.3 Å². The fourth-order valence-electron chi connectivity index (χ4n) is 2.52. The van der Waals surface area contributed by atoms with E-state index in [1.54, 1.807) is 6.20 Å². The summed E-state index contributed by atoms with van der Waals surface area (Å²) in [5, 5.41) is 0. The Kier molecular flexibility index (Phi) is 5.01. The van der Waals surface area contributed by atoms with Crippen molar-refractivity contribution in [3.8, 4) is 5.75 Å². The van der Waals surface area contributed by atoms with Crippen molar-refractivity contribution in [1.29, 1.82) is 0 Å². The summed E-state index contributed by atoms with van der Waals surface area (Å²) >= 11 is 0. The van der Waals surface area contributed by atoms with Gasteiger partial charge in [0.15, 0.2) is 17.2 Å². The quantitative estimate of drug-likeness (QED) is 0.794. The van der Waals surface area contributed by atoms with Crippen molar-refractivity contribution >= 4 is 5.97 Å². The maximum absolute atomic E-state index is 12.1. The molecular formula is C19H21NO5. The van der Waals surface area contributed by atoms with E-state index in [0.717, 1.165) is 16.7 Å². The molecule has 2 heterocycles. The number of benzene rings is 1. The van der Waals surface area contributed by atoms with Gasteiger partial charge in [0.1, 0.15) is 6.61 Å². The lowest BCUT2D eigenvalue weighted by Gasteiger charge is -2.22. The third-order valence-electron chi connectivity index (χ3n) is 3.97. The normalized spacial score (nSPS) is 15.8. The summed E-state index contributed by atoms with van der Waals surface area (Å²) in [7, 11) is 1.32. The molecule has 0 amide bonds. The van der Waals surface area contributed by atoms with Crippen LogP contribution in [-0.4, -0.2) is 23.9 Å². The zero-order valence-corrected chi connectivity index (χ0v) is 14.6. The summed E-state index contributed by atoms with van der Waals surface area (Å²) in [6.07, 6.45) is 1.61. The van der Waals surface area contributed by atoms with Crippen molar-refractivity contribution in [1.82, 2.24) is 4.98 Å². The summed E-state index contributed by atoms with van der Waals surface area (Å²) in [4.78, 5) is 16.3. The monoisotopic (exact) mass is 343 g/mol. The fraction of sp³-hybridized carbons (Fsp3) is 0.368. The van der Waals surface area contributed by atoms with Gasteiger partial charge >= 0.3 is 5.97 Å². The van der Waals surface area contributed by atoms with Gasteiger partial charge < -0.3 is 18.9 Å². The summed E-state index contributed by atoms with van der Waals surface area (Å²) in [6.45, 7) is 4.60. The molecule has 0 fully saturated rings. The zero-order chi connectivity index (χ0) is 17.9. The van der Waals surface area contributed by atoms with Crippen LogP contribution in [0.4, 0.5) is 0 Å². The Balaban J connectivity index is 1.96. The maximum Gasteiger partial charge on any atom is 0.360 e. The SMILES string of the molecule is COC(=O)c1ncc2c(c1OCc1ccccc1)COC(C)(C)OC2. The minimum Gasteiger partial charge on any atom is -0.486 e. The van der Waals surface area contributed by atoms with Gasteiger partial charge in [0.2, 0.25) is 0 Å². The number of hydrogen-bond donors (Lipinski definition) is 0. The maximum atomic E-state index is 12.1. The van der Waals surface area contributed by atoms with E-state index in [2.05, 4.69) is 4.98 Å². The van der Waals surface area contributed by atoms with Crippen LogP contribution in [0.15, 0.2) is 36.5 Å². The van der Waals surface area contributed by atoms with E-state index in [0.29, 0.717) is 19.0 Å². The summed E-state index contributed by atoms with van der Waals surface area (Å²) in [6, 6.07) is 9.71. The molecule has 0 spiro atoms.